The highest BCUT2D eigenvalue weighted by atomic mass is 19.1. The first-order chi connectivity index (χ1) is 9.58. The number of benzene rings is 2. The molecule has 0 saturated carbocycles. The largest absolute Gasteiger partial charge is 0.505 e. The minimum Gasteiger partial charge on any atom is -0.505 e. The van der Waals surface area contributed by atoms with E-state index < -0.39 is 5.82 Å². The van der Waals surface area contributed by atoms with Gasteiger partial charge < -0.3 is 10.4 Å². The Morgan fingerprint density at radius 2 is 1.80 bits per heavy atom. The van der Waals surface area contributed by atoms with Gasteiger partial charge in [-0.25, -0.2) is 4.39 Å². The van der Waals surface area contributed by atoms with Crippen LogP contribution in [0.15, 0.2) is 48.5 Å². The molecule has 1 unspecified atom stereocenters. The molecule has 0 fully saturated rings. The quantitative estimate of drug-likeness (QED) is 0.792. The van der Waals surface area contributed by atoms with Gasteiger partial charge in [0.2, 0.25) is 0 Å². The summed E-state index contributed by atoms with van der Waals surface area (Å²) in [7, 11) is 0. The number of rotatable bonds is 5. The van der Waals surface area contributed by atoms with Crippen molar-refractivity contribution in [3.05, 3.63) is 59.9 Å². The molecule has 3 heteroatoms. The van der Waals surface area contributed by atoms with E-state index in [1.54, 1.807) is 6.07 Å². The fourth-order valence-electron chi connectivity index (χ4n) is 2.28. The van der Waals surface area contributed by atoms with Crippen LogP contribution in [-0.2, 0) is 0 Å². The van der Waals surface area contributed by atoms with Gasteiger partial charge in [0.05, 0.1) is 0 Å². The van der Waals surface area contributed by atoms with Crippen LogP contribution in [0.2, 0.25) is 0 Å². The number of anilines is 1. The number of aromatic hydroxyl groups is 1. The van der Waals surface area contributed by atoms with E-state index >= 15 is 0 Å². The average molecular weight is 273 g/mol. The van der Waals surface area contributed by atoms with Crippen LogP contribution in [0, 0.1) is 11.7 Å². The second-order valence-electron chi connectivity index (χ2n) is 5.31. The van der Waals surface area contributed by atoms with Gasteiger partial charge in [0, 0.05) is 24.2 Å². The van der Waals surface area contributed by atoms with Gasteiger partial charge in [-0.15, -0.1) is 0 Å². The van der Waals surface area contributed by atoms with Crippen molar-refractivity contribution in [1.29, 1.82) is 0 Å². The van der Waals surface area contributed by atoms with Gasteiger partial charge in [-0.2, -0.15) is 0 Å². The maximum Gasteiger partial charge on any atom is 0.166 e. The Balaban J connectivity index is 2.08. The molecule has 0 heterocycles. The normalized spacial score (nSPS) is 12.4. The van der Waals surface area contributed by atoms with Crippen LogP contribution >= 0.6 is 0 Å². The van der Waals surface area contributed by atoms with E-state index in [1.807, 2.05) is 18.2 Å². The number of hydrogen-bond acceptors (Lipinski definition) is 2. The lowest BCUT2D eigenvalue weighted by molar-refractivity contribution is 0.432. The van der Waals surface area contributed by atoms with Crippen LogP contribution in [-0.4, -0.2) is 11.7 Å². The summed E-state index contributed by atoms with van der Waals surface area (Å²) >= 11 is 0. The summed E-state index contributed by atoms with van der Waals surface area (Å²) in [6.45, 7) is 5.08. The summed E-state index contributed by atoms with van der Waals surface area (Å²) < 4.78 is 13.3. The summed E-state index contributed by atoms with van der Waals surface area (Å²) in [6.07, 6.45) is 0. The van der Waals surface area contributed by atoms with Gasteiger partial charge in [-0.3, -0.25) is 0 Å². The summed E-state index contributed by atoms with van der Waals surface area (Å²) in [4.78, 5) is 0. The molecular formula is C17H20FNO. The molecule has 2 nitrogen and oxygen atoms in total. The molecule has 20 heavy (non-hydrogen) atoms. The Bertz CT molecular complexity index is 554. The maximum atomic E-state index is 13.3. The van der Waals surface area contributed by atoms with Crippen molar-refractivity contribution in [1.82, 2.24) is 0 Å². The zero-order chi connectivity index (χ0) is 14.5. The highest BCUT2D eigenvalue weighted by Gasteiger charge is 2.15. The molecule has 1 atom stereocenters. The van der Waals surface area contributed by atoms with Crippen molar-refractivity contribution < 1.29 is 9.50 Å². The van der Waals surface area contributed by atoms with Gasteiger partial charge in [-0.1, -0.05) is 44.2 Å². The number of phenols is 1. The molecular weight excluding hydrogens is 253 g/mol. The first-order valence-electron chi connectivity index (χ1n) is 6.85. The Morgan fingerprint density at radius 3 is 2.40 bits per heavy atom. The van der Waals surface area contributed by atoms with E-state index in [1.165, 1.54) is 17.7 Å². The van der Waals surface area contributed by atoms with E-state index in [0.29, 0.717) is 17.5 Å². The van der Waals surface area contributed by atoms with Gasteiger partial charge in [0.15, 0.2) is 11.6 Å². The van der Waals surface area contributed by atoms with Crippen LogP contribution in [0.4, 0.5) is 10.1 Å². The fraction of sp³-hybridized carbons (Fsp3) is 0.294. The molecule has 0 spiro atoms. The third kappa shape index (κ3) is 3.50. The zero-order valence-electron chi connectivity index (χ0n) is 11.8. The molecule has 106 valence electrons. The summed E-state index contributed by atoms with van der Waals surface area (Å²) in [5.41, 5.74) is 1.95. The van der Waals surface area contributed by atoms with Gasteiger partial charge in [0.25, 0.3) is 0 Å². The topological polar surface area (TPSA) is 32.3 Å². The number of nitrogens with one attached hydrogen (secondary N) is 1. The molecule has 0 saturated heterocycles. The van der Waals surface area contributed by atoms with Crippen molar-refractivity contribution in [2.75, 3.05) is 11.9 Å². The van der Waals surface area contributed by atoms with Crippen LogP contribution in [0.25, 0.3) is 0 Å². The number of phenolic OH excluding ortho intramolecular Hbond substituents is 1. The molecule has 0 aliphatic carbocycles. The van der Waals surface area contributed by atoms with Crippen molar-refractivity contribution >= 4 is 5.69 Å². The van der Waals surface area contributed by atoms with Crippen molar-refractivity contribution in [3.63, 3.8) is 0 Å². The first-order valence-corrected chi connectivity index (χ1v) is 6.85. The predicted octanol–water partition coefficient (Wildman–Crippen LogP) is 4.38. The van der Waals surface area contributed by atoms with E-state index in [-0.39, 0.29) is 5.75 Å². The van der Waals surface area contributed by atoms with E-state index in [2.05, 4.69) is 31.3 Å². The molecule has 0 radical (unpaired) electrons. The van der Waals surface area contributed by atoms with Crippen molar-refractivity contribution in [3.8, 4) is 5.75 Å². The lowest BCUT2D eigenvalue weighted by Crippen LogP contribution is -2.17. The number of halogens is 1. The van der Waals surface area contributed by atoms with Crippen molar-refractivity contribution in [2.45, 2.75) is 19.8 Å². The molecule has 0 amide bonds. The molecule has 2 rings (SSSR count). The van der Waals surface area contributed by atoms with Gasteiger partial charge in [0.1, 0.15) is 0 Å². The highest BCUT2D eigenvalue weighted by Crippen LogP contribution is 2.26. The molecule has 0 aromatic heterocycles. The maximum absolute atomic E-state index is 13.3. The SMILES string of the molecule is CC(C)C(CNc1ccc(O)c(F)c1)c1ccccc1. The summed E-state index contributed by atoms with van der Waals surface area (Å²) in [5, 5.41) is 12.4. The Labute approximate surface area is 119 Å². The minimum atomic E-state index is -0.601. The van der Waals surface area contributed by atoms with Crippen molar-refractivity contribution in [2.24, 2.45) is 5.92 Å². The van der Waals surface area contributed by atoms with E-state index in [4.69, 9.17) is 0 Å². The van der Waals surface area contributed by atoms with E-state index in [0.717, 1.165) is 6.54 Å². The van der Waals surface area contributed by atoms with Crippen LogP contribution in [0.5, 0.6) is 5.75 Å². The molecule has 2 aromatic rings. The molecule has 0 bridgehead atoms. The third-order valence-electron chi connectivity index (χ3n) is 3.51. The standard InChI is InChI=1S/C17H20FNO/c1-12(2)15(13-6-4-3-5-7-13)11-19-14-8-9-17(20)16(18)10-14/h3-10,12,15,19-20H,11H2,1-2H3. The first kappa shape index (κ1) is 14.4. The molecule has 0 aliphatic heterocycles. The van der Waals surface area contributed by atoms with Crippen LogP contribution in [0.3, 0.4) is 0 Å². The third-order valence-corrected chi connectivity index (χ3v) is 3.51. The summed E-state index contributed by atoms with van der Waals surface area (Å²) in [6, 6.07) is 14.7. The molecule has 0 aliphatic rings. The second-order valence-corrected chi connectivity index (χ2v) is 5.31. The lowest BCUT2D eigenvalue weighted by Gasteiger charge is -2.22. The Kier molecular flexibility index (Phi) is 4.61. The monoisotopic (exact) mass is 273 g/mol. The Hall–Kier alpha value is -2.03. The summed E-state index contributed by atoms with van der Waals surface area (Å²) in [5.74, 6) is -0.0882. The number of hydrogen-bond donors (Lipinski definition) is 2. The van der Waals surface area contributed by atoms with Gasteiger partial charge in [-0.05, 0) is 23.6 Å². The Morgan fingerprint density at radius 1 is 1.10 bits per heavy atom. The van der Waals surface area contributed by atoms with Crippen LogP contribution < -0.4 is 5.32 Å². The lowest BCUT2D eigenvalue weighted by atomic mass is 9.88. The molecule has 2 N–H and O–H groups in total. The van der Waals surface area contributed by atoms with Crippen LogP contribution in [0.1, 0.15) is 25.3 Å². The van der Waals surface area contributed by atoms with E-state index in [9.17, 15) is 9.50 Å². The zero-order valence-corrected chi connectivity index (χ0v) is 11.8. The smallest absolute Gasteiger partial charge is 0.166 e. The minimum absolute atomic E-state index is 0.320. The predicted molar refractivity (Wildman–Crippen MR) is 80.6 cm³/mol. The molecule has 2 aromatic carbocycles. The fourth-order valence-corrected chi connectivity index (χ4v) is 2.28. The second kappa shape index (κ2) is 6.42. The average Bonchev–Trinajstić information content (AvgIpc) is 2.44. The highest BCUT2D eigenvalue weighted by molar-refractivity contribution is 5.47. The van der Waals surface area contributed by atoms with Gasteiger partial charge >= 0.3 is 0 Å².